The zero-order valence-electron chi connectivity index (χ0n) is 19.3. The minimum absolute atomic E-state index is 0.101. The fourth-order valence-corrected chi connectivity index (χ4v) is 3.86. The van der Waals surface area contributed by atoms with Crippen molar-refractivity contribution in [1.29, 1.82) is 0 Å². The molecule has 2 atom stereocenters. The van der Waals surface area contributed by atoms with E-state index in [2.05, 4.69) is 0 Å². The van der Waals surface area contributed by atoms with Crippen LogP contribution in [0.5, 0.6) is 0 Å². The van der Waals surface area contributed by atoms with Crippen LogP contribution in [-0.4, -0.2) is 23.5 Å². The monoisotopic (exact) mass is 460 g/mol. The molecule has 33 heavy (non-hydrogen) atoms. The Kier molecular flexibility index (Phi) is 11.1. The summed E-state index contributed by atoms with van der Waals surface area (Å²) < 4.78 is 32.9. The van der Waals surface area contributed by atoms with Gasteiger partial charge in [0.2, 0.25) is 5.78 Å². The number of hydrogen-bond acceptors (Lipinski definition) is 4. The van der Waals surface area contributed by atoms with Crippen molar-refractivity contribution < 1.29 is 27.9 Å². The van der Waals surface area contributed by atoms with Crippen LogP contribution >= 0.6 is 0 Å². The first-order valence-electron chi connectivity index (χ1n) is 11.8. The molecule has 0 spiro atoms. The van der Waals surface area contributed by atoms with E-state index in [0.717, 1.165) is 11.6 Å². The van der Waals surface area contributed by atoms with Crippen molar-refractivity contribution in [3.63, 3.8) is 0 Å². The molecule has 1 aliphatic rings. The number of carbonyl (C=O) groups excluding carboxylic acids is 3. The van der Waals surface area contributed by atoms with Crippen molar-refractivity contribution in [2.24, 2.45) is 11.8 Å². The van der Waals surface area contributed by atoms with Gasteiger partial charge in [-0.25, -0.2) is 0 Å². The van der Waals surface area contributed by atoms with Gasteiger partial charge in [-0.3, -0.25) is 14.4 Å². The summed E-state index contributed by atoms with van der Waals surface area (Å²) in [6.07, 6.45) is 9.90. The molecule has 0 radical (unpaired) electrons. The number of esters is 1. The average molecular weight is 461 g/mol. The quantitative estimate of drug-likeness (QED) is 0.140. The van der Waals surface area contributed by atoms with E-state index in [9.17, 15) is 23.2 Å². The standard InChI is InChI=1S/C27H34F2O4/c1-2-3-19-27(28,29)25(31)18-16-22-15-17-24(30)23(22)13-9-4-5-10-14-26(32)33-20-21-11-7-6-8-12-21/h4,6-9,11-12,16,18,22-23H,2-3,5,10,13-15,17,19-20H2,1H3/b9-4-,18-16+/t22-,23-/m1/s1. The highest BCUT2D eigenvalue weighted by Crippen LogP contribution is 2.33. The molecule has 1 fully saturated rings. The van der Waals surface area contributed by atoms with E-state index >= 15 is 0 Å². The van der Waals surface area contributed by atoms with E-state index in [1.165, 1.54) is 6.08 Å². The van der Waals surface area contributed by atoms with E-state index in [1.54, 1.807) is 6.92 Å². The number of allylic oxidation sites excluding steroid dienone is 4. The maximum absolute atomic E-state index is 13.9. The Labute approximate surface area is 195 Å². The molecule has 6 heteroatoms. The van der Waals surface area contributed by atoms with Crippen LogP contribution in [0.3, 0.4) is 0 Å². The summed E-state index contributed by atoms with van der Waals surface area (Å²) >= 11 is 0. The smallest absolute Gasteiger partial charge is 0.309 e. The third-order valence-electron chi connectivity index (χ3n) is 5.91. The summed E-state index contributed by atoms with van der Waals surface area (Å²) in [4.78, 5) is 35.9. The highest BCUT2D eigenvalue weighted by molar-refractivity contribution is 5.95. The maximum Gasteiger partial charge on any atom is 0.309 e. The minimum atomic E-state index is -3.34. The normalized spacial score (nSPS) is 18.9. The molecule has 180 valence electrons. The first-order chi connectivity index (χ1) is 15.8. The average Bonchev–Trinajstić information content (AvgIpc) is 3.16. The molecule has 1 saturated carbocycles. The number of Topliss-reactive ketones (excluding diaryl/α,β-unsaturated/α-hetero) is 1. The van der Waals surface area contributed by atoms with Gasteiger partial charge >= 0.3 is 11.9 Å². The Balaban J connectivity index is 1.71. The van der Waals surface area contributed by atoms with Crippen molar-refractivity contribution in [3.05, 3.63) is 60.2 Å². The minimum Gasteiger partial charge on any atom is -0.461 e. The van der Waals surface area contributed by atoms with E-state index in [-0.39, 0.29) is 30.2 Å². The van der Waals surface area contributed by atoms with Gasteiger partial charge in [-0.1, -0.05) is 61.9 Å². The second-order valence-corrected chi connectivity index (χ2v) is 8.55. The molecule has 1 aliphatic carbocycles. The molecule has 2 rings (SSSR count). The SMILES string of the molecule is CCCCC(F)(F)C(=O)/C=C/[C@H]1CCC(=O)[C@@H]1C/C=C\CCCC(=O)OCc1ccccc1. The molecule has 1 aromatic carbocycles. The van der Waals surface area contributed by atoms with Crippen LogP contribution in [0.25, 0.3) is 0 Å². The van der Waals surface area contributed by atoms with Gasteiger partial charge in [0.1, 0.15) is 12.4 Å². The van der Waals surface area contributed by atoms with Gasteiger partial charge < -0.3 is 4.74 Å². The summed E-state index contributed by atoms with van der Waals surface area (Å²) in [5.41, 5.74) is 0.946. The Hall–Kier alpha value is -2.63. The maximum atomic E-state index is 13.9. The van der Waals surface area contributed by atoms with Gasteiger partial charge in [0.25, 0.3) is 0 Å². The summed E-state index contributed by atoms with van der Waals surface area (Å²) in [5.74, 6) is -5.14. The molecule has 0 saturated heterocycles. The Morgan fingerprint density at radius 3 is 2.64 bits per heavy atom. The fourth-order valence-electron chi connectivity index (χ4n) is 3.86. The van der Waals surface area contributed by atoms with Crippen LogP contribution in [0.4, 0.5) is 8.78 Å². The second-order valence-electron chi connectivity index (χ2n) is 8.55. The molecule has 0 heterocycles. The van der Waals surface area contributed by atoms with Crippen molar-refractivity contribution >= 4 is 17.5 Å². The topological polar surface area (TPSA) is 60.4 Å². The van der Waals surface area contributed by atoms with Crippen molar-refractivity contribution in [1.82, 2.24) is 0 Å². The first-order valence-corrected chi connectivity index (χ1v) is 11.8. The Morgan fingerprint density at radius 1 is 1.15 bits per heavy atom. The van der Waals surface area contributed by atoms with Gasteiger partial charge in [0, 0.05) is 25.2 Å². The number of carbonyl (C=O) groups is 3. The van der Waals surface area contributed by atoms with E-state index in [0.29, 0.717) is 51.4 Å². The molecule has 0 aromatic heterocycles. The van der Waals surface area contributed by atoms with Crippen LogP contribution in [0.15, 0.2) is 54.6 Å². The van der Waals surface area contributed by atoms with Crippen LogP contribution in [-0.2, 0) is 25.7 Å². The molecule has 0 N–H and O–H groups in total. The zero-order valence-corrected chi connectivity index (χ0v) is 19.3. The van der Waals surface area contributed by atoms with Gasteiger partial charge in [-0.2, -0.15) is 8.78 Å². The summed E-state index contributed by atoms with van der Waals surface area (Å²) in [5, 5.41) is 0. The largest absolute Gasteiger partial charge is 0.461 e. The van der Waals surface area contributed by atoms with E-state index < -0.39 is 18.1 Å². The number of rotatable bonds is 14. The van der Waals surface area contributed by atoms with Crippen LogP contribution in [0.2, 0.25) is 0 Å². The zero-order chi connectivity index (χ0) is 24.1. The molecule has 4 nitrogen and oxygen atoms in total. The van der Waals surface area contributed by atoms with Crippen LogP contribution in [0, 0.1) is 11.8 Å². The lowest BCUT2D eigenvalue weighted by Crippen LogP contribution is -2.27. The highest BCUT2D eigenvalue weighted by atomic mass is 19.3. The predicted octanol–water partition coefficient (Wildman–Crippen LogP) is 6.39. The number of ketones is 2. The molecule has 0 amide bonds. The summed E-state index contributed by atoms with van der Waals surface area (Å²) in [7, 11) is 0. The van der Waals surface area contributed by atoms with Crippen molar-refractivity contribution in [2.45, 2.75) is 77.2 Å². The number of ether oxygens (including phenoxy) is 1. The molecule has 1 aromatic rings. The van der Waals surface area contributed by atoms with Gasteiger partial charge in [-0.05, 0) is 49.7 Å². The van der Waals surface area contributed by atoms with Crippen molar-refractivity contribution in [3.8, 4) is 0 Å². The molecule has 0 aliphatic heterocycles. The number of halogens is 2. The Bertz CT molecular complexity index is 830. The number of hydrogen-bond donors (Lipinski definition) is 0. The number of benzene rings is 1. The summed E-state index contributed by atoms with van der Waals surface area (Å²) in [6.45, 7) is 2.07. The lowest BCUT2D eigenvalue weighted by Gasteiger charge is -2.14. The molecular formula is C27H34F2O4. The predicted molar refractivity (Wildman–Crippen MR) is 124 cm³/mol. The van der Waals surface area contributed by atoms with Gasteiger partial charge in [0.05, 0.1) is 0 Å². The number of alkyl halides is 2. The first kappa shape index (κ1) is 26.6. The lowest BCUT2D eigenvalue weighted by atomic mass is 9.91. The van der Waals surface area contributed by atoms with Crippen LogP contribution < -0.4 is 0 Å². The fraction of sp³-hybridized carbons (Fsp3) is 0.519. The summed E-state index contributed by atoms with van der Waals surface area (Å²) in [6, 6.07) is 9.49. The van der Waals surface area contributed by atoms with E-state index in [1.807, 2.05) is 42.5 Å². The third-order valence-corrected chi connectivity index (χ3v) is 5.91. The molecule has 0 unspecified atom stereocenters. The lowest BCUT2D eigenvalue weighted by molar-refractivity contribution is -0.145. The van der Waals surface area contributed by atoms with E-state index in [4.69, 9.17) is 4.74 Å². The van der Waals surface area contributed by atoms with Gasteiger partial charge in [-0.15, -0.1) is 0 Å². The number of unbranched alkanes of at least 4 members (excludes halogenated alkanes) is 2. The molecular weight excluding hydrogens is 426 g/mol. The van der Waals surface area contributed by atoms with Crippen LogP contribution in [0.1, 0.15) is 70.3 Å². The second kappa shape index (κ2) is 13.8. The highest BCUT2D eigenvalue weighted by Gasteiger charge is 2.37. The van der Waals surface area contributed by atoms with Crippen molar-refractivity contribution in [2.75, 3.05) is 0 Å². The molecule has 0 bridgehead atoms. The Morgan fingerprint density at radius 2 is 1.91 bits per heavy atom. The van der Waals surface area contributed by atoms with Gasteiger partial charge in [0.15, 0.2) is 0 Å². The third kappa shape index (κ3) is 9.40.